The Hall–Kier alpha value is -0.720. The highest BCUT2D eigenvalue weighted by Gasteiger charge is 2.25. The van der Waals surface area contributed by atoms with Crippen molar-refractivity contribution in [1.29, 1.82) is 0 Å². The minimum atomic E-state index is -0.252. The van der Waals surface area contributed by atoms with Gasteiger partial charge in [0.2, 0.25) is 0 Å². The standard InChI is InChI=1S/C15H18Br2FN3/c1-3-8-19-14(13-10(16)6-5-7-12(13)18)15-11(17)9-20-21(15)4-2/h5-7,9,14,19H,3-4,8H2,1-2H3. The molecule has 0 saturated carbocycles. The lowest BCUT2D eigenvalue weighted by Gasteiger charge is -2.22. The summed E-state index contributed by atoms with van der Waals surface area (Å²) in [6, 6.07) is 4.80. The summed E-state index contributed by atoms with van der Waals surface area (Å²) in [4.78, 5) is 0. The Kier molecular flexibility index (Phi) is 5.96. The monoisotopic (exact) mass is 417 g/mol. The predicted octanol–water partition coefficient (Wildman–Crippen LogP) is 4.66. The lowest BCUT2D eigenvalue weighted by atomic mass is 10.0. The maximum absolute atomic E-state index is 14.4. The first-order valence-corrected chi connectivity index (χ1v) is 8.57. The fourth-order valence-corrected chi connectivity index (χ4v) is 3.42. The van der Waals surface area contributed by atoms with E-state index in [1.54, 1.807) is 12.3 Å². The van der Waals surface area contributed by atoms with Crippen molar-refractivity contribution in [2.45, 2.75) is 32.9 Å². The van der Waals surface area contributed by atoms with Gasteiger partial charge in [-0.2, -0.15) is 5.10 Å². The highest BCUT2D eigenvalue weighted by molar-refractivity contribution is 9.10. The zero-order valence-electron chi connectivity index (χ0n) is 12.0. The van der Waals surface area contributed by atoms with Gasteiger partial charge >= 0.3 is 0 Å². The van der Waals surface area contributed by atoms with Crippen LogP contribution in [0.2, 0.25) is 0 Å². The highest BCUT2D eigenvalue weighted by Crippen LogP contribution is 2.34. The zero-order valence-corrected chi connectivity index (χ0v) is 15.2. The third-order valence-electron chi connectivity index (χ3n) is 3.29. The Morgan fingerprint density at radius 3 is 2.67 bits per heavy atom. The van der Waals surface area contributed by atoms with E-state index < -0.39 is 0 Å². The van der Waals surface area contributed by atoms with E-state index in [1.807, 2.05) is 17.7 Å². The molecule has 1 atom stereocenters. The lowest BCUT2D eigenvalue weighted by molar-refractivity contribution is 0.502. The second kappa shape index (κ2) is 7.51. The molecule has 0 saturated heterocycles. The summed E-state index contributed by atoms with van der Waals surface area (Å²) >= 11 is 7.01. The van der Waals surface area contributed by atoms with E-state index in [0.29, 0.717) is 5.56 Å². The second-order valence-corrected chi connectivity index (χ2v) is 6.42. The molecular formula is C15H18Br2FN3. The molecule has 114 valence electrons. The van der Waals surface area contributed by atoms with Crippen LogP contribution in [0, 0.1) is 5.82 Å². The maximum atomic E-state index is 14.4. The van der Waals surface area contributed by atoms with Gasteiger partial charge in [-0.25, -0.2) is 4.39 Å². The number of rotatable bonds is 6. The number of aromatic nitrogens is 2. The molecule has 1 aromatic heterocycles. The van der Waals surface area contributed by atoms with Gasteiger partial charge in [0, 0.05) is 16.6 Å². The maximum Gasteiger partial charge on any atom is 0.129 e. The number of hydrogen-bond donors (Lipinski definition) is 1. The Morgan fingerprint density at radius 2 is 2.05 bits per heavy atom. The topological polar surface area (TPSA) is 29.9 Å². The summed E-state index contributed by atoms with van der Waals surface area (Å²) in [6.45, 7) is 5.65. The van der Waals surface area contributed by atoms with Crippen LogP contribution in [0.3, 0.4) is 0 Å². The van der Waals surface area contributed by atoms with Gasteiger partial charge in [0.25, 0.3) is 0 Å². The number of aryl methyl sites for hydroxylation is 1. The van der Waals surface area contributed by atoms with Crippen LogP contribution in [0.4, 0.5) is 4.39 Å². The van der Waals surface area contributed by atoms with Crippen LogP contribution in [-0.4, -0.2) is 16.3 Å². The van der Waals surface area contributed by atoms with Crippen LogP contribution in [0.1, 0.15) is 37.6 Å². The van der Waals surface area contributed by atoms with Crippen LogP contribution in [-0.2, 0) is 6.54 Å². The van der Waals surface area contributed by atoms with E-state index in [0.717, 1.165) is 34.1 Å². The molecule has 1 unspecified atom stereocenters. The van der Waals surface area contributed by atoms with E-state index in [4.69, 9.17) is 0 Å². The van der Waals surface area contributed by atoms with Crippen molar-refractivity contribution in [2.24, 2.45) is 0 Å². The van der Waals surface area contributed by atoms with Crippen molar-refractivity contribution >= 4 is 31.9 Å². The molecule has 0 amide bonds. The number of nitrogens with one attached hydrogen (secondary N) is 1. The van der Waals surface area contributed by atoms with E-state index in [-0.39, 0.29) is 11.9 Å². The van der Waals surface area contributed by atoms with E-state index in [9.17, 15) is 4.39 Å². The summed E-state index contributed by atoms with van der Waals surface area (Å²) in [5, 5.41) is 7.76. The molecule has 21 heavy (non-hydrogen) atoms. The third-order valence-corrected chi connectivity index (χ3v) is 4.60. The van der Waals surface area contributed by atoms with Gasteiger partial charge in [-0.1, -0.05) is 28.9 Å². The van der Waals surface area contributed by atoms with Gasteiger partial charge in [0.1, 0.15) is 5.82 Å². The van der Waals surface area contributed by atoms with Crippen LogP contribution in [0.25, 0.3) is 0 Å². The molecule has 3 nitrogen and oxygen atoms in total. The summed E-state index contributed by atoms with van der Waals surface area (Å²) in [6.07, 6.45) is 2.73. The SMILES string of the molecule is CCCNC(c1c(F)cccc1Br)c1c(Br)cnn1CC. The van der Waals surface area contributed by atoms with Gasteiger partial charge in [0.15, 0.2) is 0 Å². The van der Waals surface area contributed by atoms with Crippen LogP contribution in [0.15, 0.2) is 33.3 Å². The molecule has 1 N–H and O–H groups in total. The molecule has 0 aliphatic rings. The molecule has 2 aromatic rings. The number of nitrogens with zero attached hydrogens (tertiary/aromatic N) is 2. The van der Waals surface area contributed by atoms with Gasteiger partial charge in [-0.15, -0.1) is 0 Å². The van der Waals surface area contributed by atoms with Crippen LogP contribution >= 0.6 is 31.9 Å². The second-order valence-electron chi connectivity index (χ2n) is 4.72. The molecular weight excluding hydrogens is 401 g/mol. The zero-order chi connectivity index (χ0) is 15.4. The fraction of sp³-hybridized carbons (Fsp3) is 0.400. The Morgan fingerprint density at radius 1 is 1.29 bits per heavy atom. The minimum Gasteiger partial charge on any atom is -0.305 e. The first-order valence-electron chi connectivity index (χ1n) is 6.98. The van der Waals surface area contributed by atoms with Crippen LogP contribution < -0.4 is 5.32 Å². The number of hydrogen-bond acceptors (Lipinski definition) is 2. The van der Waals surface area contributed by atoms with Crippen molar-refractivity contribution < 1.29 is 4.39 Å². The molecule has 0 bridgehead atoms. The molecule has 6 heteroatoms. The van der Waals surface area contributed by atoms with Crippen molar-refractivity contribution in [3.8, 4) is 0 Å². The first-order chi connectivity index (χ1) is 10.1. The lowest BCUT2D eigenvalue weighted by Crippen LogP contribution is -2.27. The van der Waals surface area contributed by atoms with Gasteiger partial charge in [0.05, 0.1) is 22.4 Å². The average molecular weight is 419 g/mol. The van der Waals surface area contributed by atoms with E-state index in [2.05, 4.69) is 49.2 Å². The Bertz CT molecular complexity index is 593. The van der Waals surface area contributed by atoms with Crippen LogP contribution in [0.5, 0.6) is 0 Å². The smallest absolute Gasteiger partial charge is 0.129 e. The van der Waals surface area contributed by atoms with Crippen molar-refractivity contribution in [3.63, 3.8) is 0 Å². The van der Waals surface area contributed by atoms with Gasteiger partial charge in [-0.3, -0.25) is 4.68 Å². The first kappa shape index (κ1) is 16.6. The molecule has 1 heterocycles. The Balaban J connectivity index is 2.55. The number of halogens is 3. The number of benzene rings is 1. The van der Waals surface area contributed by atoms with Crippen molar-refractivity contribution in [3.05, 3.63) is 50.4 Å². The predicted molar refractivity (Wildman–Crippen MR) is 89.8 cm³/mol. The third kappa shape index (κ3) is 3.55. The van der Waals surface area contributed by atoms with Crippen molar-refractivity contribution in [2.75, 3.05) is 6.54 Å². The summed E-state index contributed by atoms with van der Waals surface area (Å²) in [5.41, 5.74) is 1.55. The van der Waals surface area contributed by atoms with Gasteiger partial charge < -0.3 is 5.32 Å². The Labute approximate surface area is 141 Å². The van der Waals surface area contributed by atoms with E-state index >= 15 is 0 Å². The fourth-order valence-electron chi connectivity index (χ4n) is 2.32. The van der Waals surface area contributed by atoms with E-state index in [1.165, 1.54) is 6.07 Å². The van der Waals surface area contributed by atoms with Crippen molar-refractivity contribution in [1.82, 2.24) is 15.1 Å². The molecule has 2 rings (SSSR count). The quantitative estimate of drug-likeness (QED) is 0.739. The molecule has 0 aliphatic carbocycles. The molecule has 0 radical (unpaired) electrons. The normalized spacial score (nSPS) is 12.6. The highest BCUT2D eigenvalue weighted by atomic mass is 79.9. The molecule has 0 fully saturated rings. The average Bonchev–Trinajstić information content (AvgIpc) is 2.83. The molecule has 1 aromatic carbocycles. The molecule has 0 aliphatic heterocycles. The summed E-state index contributed by atoms with van der Waals surface area (Å²) < 4.78 is 17.9. The summed E-state index contributed by atoms with van der Waals surface area (Å²) in [7, 11) is 0. The summed E-state index contributed by atoms with van der Waals surface area (Å²) in [5.74, 6) is -0.228. The molecule has 0 spiro atoms. The van der Waals surface area contributed by atoms with Gasteiger partial charge in [-0.05, 0) is 48.0 Å². The largest absolute Gasteiger partial charge is 0.305 e. The minimum absolute atomic E-state index is 0.228.